The average molecular weight is 356 g/mol. The highest BCUT2D eigenvalue weighted by atomic mass is 127. The van der Waals surface area contributed by atoms with Gasteiger partial charge < -0.3 is 0 Å². The molecule has 1 amide bonds. The summed E-state index contributed by atoms with van der Waals surface area (Å²) < 4.78 is 2.94. The minimum Gasteiger partial charge on any atom is -0.294 e. The molecule has 0 aliphatic carbocycles. The van der Waals surface area contributed by atoms with Gasteiger partial charge in [0.1, 0.15) is 0 Å². The molecule has 0 saturated heterocycles. The predicted octanol–water partition coefficient (Wildman–Crippen LogP) is 1.07. The summed E-state index contributed by atoms with van der Waals surface area (Å²) in [6.45, 7) is 0.650. The van der Waals surface area contributed by atoms with Crippen LogP contribution in [0.5, 0.6) is 0 Å². The first kappa shape index (κ1) is 13.0. The molecule has 0 radical (unpaired) electrons. The molecule has 0 aliphatic heterocycles. The van der Waals surface area contributed by atoms with Crippen molar-refractivity contribution in [3.8, 4) is 0 Å². The van der Waals surface area contributed by atoms with Crippen LogP contribution in [-0.2, 0) is 17.8 Å². The van der Waals surface area contributed by atoms with Crippen LogP contribution >= 0.6 is 22.6 Å². The Labute approximate surface area is 118 Å². The number of nitrogens with two attached hydrogens (primary N) is 1. The SMILES string of the molecule is NNC(=O)Cc1ccccc1Cn1cc(I)cn1. The molecule has 5 nitrogen and oxygen atoms in total. The normalized spacial score (nSPS) is 10.3. The van der Waals surface area contributed by atoms with Gasteiger partial charge in [0.05, 0.1) is 22.7 Å². The summed E-state index contributed by atoms with van der Waals surface area (Å²) in [5, 5.41) is 4.24. The van der Waals surface area contributed by atoms with Crippen LogP contribution in [0.15, 0.2) is 36.7 Å². The van der Waals surface area contributed by atoms with Crippen molar-refractivity contribution < 1.29 is 4.79 Å². The van der Waals surface area contributed by atoms with Crippen molar-refractivity contribution in [2.75, 3.05) is 0 Å². The Bertz CT molecular complexity index is 553. The highest BCUT2D eigenvalue weighted by molar-refractivity contribution is 14.1. The lowest BCUT2D eigenvalue weighted by molar-refractivity contribution is -0.120. The third-order valence-corrected chi connectivity index (χ3v) is 3.12. The summed E-state index contributed by atoms with van der Waals surface area (Å²) in [6.07, 6.45) is 4.04. The quantitative estimate of drug-likeness (QED) is 0.373. The second kappa shape index (κ2) is 5.96. The van der Waals surface area contributed by atoms with E-state index in [1.54, 1.807) is 6.20 Å². The first-order chi connectivity index (χ1) is 8.69. The number of nitrogens with one attached hydrogen (secondary N) is 1. The molecule has 94 valence electrons. The van der Waals surface area contributed by atoms with E-state index < -0.39 is 0 Å². The number of benzene rings is 1. The molecule has 0 bridgehead atoms. The molecule has 18 heavy (non-hydrogen) atoms. The molecular weight excluding hydrogens is 343 g/mol. The lowest BCUT2D eigenvalue weighted by atomic mass is 10.0. The Balaban J connectivity index is 2.19. The van der Waals surface area contributed by atoms with E-state index in [1.165, 1.54) is 0 Å². The number of amides is 1. The molecule has 0 atom stereocenters. The molecule has 6 heteroatoms. The predicted molar refractivity (Wildman–Crippen MR) is 76.5 cm³/mol. The van der Waals surface area contributed by atoms with Gasteiger partial charge in [-0.3, -0.25) is 14.9 Å². The van der Waals surface area contributed by atoms with Crippen LogP contribution in [0, 0.1) is 3.57 Å². The van der Waals surface area contributed by atoms with Crippen LogP contribution in [-0.4, -0.2) is 15.7 Å². The average Bonchev–Trinajstić information content (AvgIpc) is 2.77. The zero-order valence-corrected chi connectivity index (χ0v) is 11.8. The standard InChI is InChI=1S/C12H13IN4O/c13-11-6-15-17(8-11)7-10-4-2-1-3-9(10)5-12(18)16-14/h1-4,6,8H,5,7,14H2,(H,16,18). The maximum Gasteiger partial charge on any atom is 0.238 e. The van der Waals surface area contributed by atoms with E-state index in [1.807, 2.05) is 35.1 Å². The first-order valence-corrected chi connectivity index (χ1v) is 6.51. The Morgan fingerprint density at radius 1 is 1.39 bits per heavy atom. The molecule has 1 aromatic heterocycles. The number of hydrogen-bond donors (Lipinski definition) is 2. The molecule has 1 aromatic carbocycles. The number of hydrazine groups is 1. The zero-order chi connectivity index (χ0) is 13.0. The van der Waals surface area contributed by atoms with E-state index in [9.17, 15) is 4.79 Å². The Hall–Kier alpha value is -1.41. The third kappa shape index (κ3) is 3.30. The van der Waals surface area contributed by atoms with Crippen LogP contribution in [0.2, 0.25) is 0 Å². The Kier molecular flexibility index (Phi) is 4.32. The largest absolute Gasteiger partial charge is 0.294 e. The van der Waals surface area contributed by atoms with Crippen LogP contribution < -0.4 is 11.3 Å². The Morgan fingerprint density at radius 2 is 2.11 bits per heavy atom. The van der Waals surface area contributed by atoms with Gasteiger partial charge in [0, 0.05) is 6.20 Å². The van der Waals surface area contributed by atoms with E-state index >= 15 is 0 Å². The molecule has 3 N–H and O–H groups in total. The van der Waals surface area contributed by atoms with Gasteiger partial charge in [-0.25, -0.2) is 5.84 Å². The van der Waals surface area contributed by atoms with Gasteiger partial charge >= 0.3 is 0 Å². The fourth-order valence-electron chi connectivity index (χ4n) is 1.71. The number of carbonyl (C=O) groups excluding carboxylic acids is 1. The van der Waals surface area contributed by atoms with Crippen molar-refractivity contribution in [2.45, 2.75) is 13.0 Å². The topological polar surface area (TPSA) is 72.9 Å². The van der Waals surface area contributed by atoms with Crippen molar-refractivity contribution in [3.05, 3.63) is 51.4 Å². The van der Waals surface area contributed by atoms with Crippen molar-refractivity contribution in [1.82, 2.24) is 15.2 Å². The number of hydrogen-bond acceptors (Lipinski definition) is 3. The van der Waals surface area contributed by atoms with E-state index in [4.69, 9.17) is 5.84 Å². The number of carbonyl (C=O) groups is 1. The summed E-state index contributed by atoms with van der Waals surface area (Å²) in [4.78, 5) is 11.3. The van der Waals surface area contributed by atoms with Crippen molar-refractivity contribution in [1.29, 1.82) is 0 Å². The molecule has 0 unspecified atom stereocenters. The molecule has 2 rings (SSSR count). The van der Waals surface area contributed by atoms with Crippen LogP contribution in [0.25, 0.3) is 0 Å². The minimum atomic E-state index is -0.197. The molecule has 0 spiro atoms. The molecule has 0 saturated carbocycles. The van der Waals surface area contributed by atoms with Crippen molar-refractivity contribution in [3.63, 3.8) is 0 Å². The summed E-state index contributed by atoms with van der Waals surface area (Å²) in [5.41, 5.74) is 4.18. The van der Waals surface area contributed by atoms with Gasteiger partial charge in [0.15, 0.2) is 0 Å². The highest BCUT2D eigenvalue weighted by Gasteiger charge is 2.07. The summed E-state index contributed by atoms with van der Waals surface area (Å²) >= 11 is 2.21. The zero-order valence-electron chi connectivity index (χ0n) is 9.64. The van der Waals surface area contributed by atoms with Gasteiger partial charge in [0.25, 0.3) is 0 Å². The van der Waals surface area contributed by atoms with Gasteiger partial charge in [-0.15, -0.1) is 0 Å². The van der Waals surface area contributed by atoms with Gasteiger partial charge in [-0.05, 0) is 33.7 Å². The third-order valence-electron chi connectivity index (χ3n) is 2.56. The van der Waals surface area contributed by atoms with E-state index in [-0.39, 0.29) is 12.3 Å². The summed E-state index contributed by atoms with van der Waals surface area (Å²) in [7, 11) is 0. The van der Waals surface area contributed by atoms with E-state index in [0.717, 1.165) is 14.7 Å². The number of rotatable bonds is 4. The molecule has 1 heterocycles. The maximum absolute atomic E-state index is 11.3. The monoisotopic (exact) mass is 356 g/mol. The van der Waals surface area contributed by atoms with E-state index in [2.05, 4.69) is 33.1 Å². The molecular formula is C12H13IN4O. The molecule has 0 aliphatic rings. The van der Waals surface area contributed by atoms with Crippen molar-refractivity contribution >= 4 is 28.5 Å². The van der Waals surface area contributed by atoms with Crippen molar-refractivity contribution in [2.24, 2.45) is 5.84 Å². The highest BCUT2D eigenvalue weighted by Crippen LogP contribution is 2.12. The second-order valence-electron chi connectivity index (χ2n) is 3.87. The molecule has 2 aromatic rings. The second-order valence-corrected chi connectivity index (χ2v) is 5.11. The van der Waals surface area contributed by atoms with Gasteiger partial charge in [0.2, 0.25) is 5.91 Å². The number of halogens is 1. The lowest BCUT2D eigenvalue weighted by Gasteiger charge is -2.08. The molecule has 0 fully saturated rings. The van der Waals surface area contributed by atoms with E-state index in [0.29, 0.717) is 6.54 Å². The Morgan fingerprint density at radius 3 is 2.72 bits per heavy atom. The van der Waals surface area contributed by atoms with Crippen LogP contribution in [0.1, 0.15) is 11.1 Å². The van der Waals surface area contributed by atoms with Crippen LogP contribution in [0.3, 0.4) is 0 Å². The maximum atomic E-state index is 11.3. The first-order valence-electron chi connectivity index (χ1n) is 5.43. The number of nitrogens with zero attached hydrogens (tertiary/aromatic N) is 2. The number of aromatic nitrogens is 2. The smallest absolute Gasteiger partial charge is 0.238 e. The summed E-state index contributed by atoms with van der Waals surface area (Å²) in [5.74, 6) is 4.91. The fourth-order valence-corrected chi connectivity index (χ4v) is 2.15. The van der Waals surface area contributed by atoms with Crippen LogP contribution in [0.4, 0.5) is 0 Å². The fraction of sp³-hybridized carbons (Fsp3) is 0.167. The minimum absolute atomic E-state index is 0.197. The summed E-state index contributed by atoms with van der Waals surface area (Å²) in [6, 6.07) is 7.79. The van der Waals surface area contributed by atoms with Gasteiger partial charge in [-0.1, -0.05) is 24.3 Å². The van der Waals surface area contributed by atoms with Gasteiger partial charge in [-0.2, -0.15) is 5.10 Å². The lowest BCUT2D eigenvalue weighted by Crippen LogP contribution is -2.31.